The number of hydrogen-bond acceptors (Lipinski definition) is 4. The number of likely N-dealkylation sites (tertiary alicyclic amines) is 1. The fourth-order valence-corrected chi connectivity index (χ4v) is 5.54. The lowest BCUT2D eigenvalue weighted by atomic mass is 9.67. The van der Waals surface area contributed by atoms with Crippen LogP contribution in [0.5, 0.6) is 5.75 Å². The van der Waals surface area contributed by atoms with Crippen LogP contribution in [0.2, 0.25) is 0 Å². The van der Waals surface area contributed by atoms with E-state index in [0.29, 0.717) is 24.2 Å². The first-order valence-electron chi connectivity index (χ1n) is 12.3. The molecule has 0 saturated carbocycles. The highest BCUT2D eigenvalue weighted by molar-refractivity contribution is 6.08. The molecular weight excluding hydrogens is 548 g/mol. The summed E-state index contributed by atoms with van der Waals surface area (Å²) in [5.74, 6) is -3.81. The van der Waals surface area contributed by atoms with Crippen molar-refractivity contribution in [3.8, 4) is 5.75 Å². The van der Waals surface area contributed by atoms with Crippen molar-refractivity contribution in [1.82, 2.24) is 4.90 Å². The quantitative estimate of drug-likeness (QED) is 0.334. The second kappa shape index (κ2) is 10.1. The van der Waals surface area contributed by atoms with Crippen molar-refractivity contribution in [2.75, 3.05) is 18.4 Å². The number of anilines is 1. The number of hydrogen-bond donors (Lipinski definition) is 1. The minimum absolute atomic E-state index is 0.0298. The SMILES string of the molecule is O=C1c2ccc(C(F)(F)F)cc2NC2(CCN(Cc3ccc(F)c(F)c3)CC2)C1c1ccc(OC(F)(F)F)cc1. The van der Waals surface area contributed by atoms with Gasteiger partial charge in [0, 0.05) is 30.9 Å². The molecular formula is C28H22F8N2O2. The Morgan fingerprint density at radius 3 is 2.15 bits per heavy atom. The van der Waals surface area contributed by atoms with Crippen molar-refractivity contribution in [3.05, 3.63) is 94.6 Å². The minimum Gasteiger partial charge on any atom is -0.406 e. The molecule has 5 rings (SSSR count). The Morgan fingerprint density at radius 1 is 0.875 bits per heavy atom. The fourth-order valence-electron chi connectivity index (χ4n) is 5.54. The first kappa shape index (κ1) is 27.9. The van der Waals surface area contributed by atoms with Crippen molar-refractivity contribution < 1.29 is 44.7 Å². The van der Waals surface area contributed by atoms with Crippen LogP contribution in [0.4, 0.5) is 40.8 Å². The molecule has 12 heteroatoms. The number of rotatable bonds is 4. The lowest BCUT2D eigenvalue weighted by Crippen LogP contribution is -2.56. The highest BCUT2D eigenvalue weighted by Crippen LogP contribution is 2.48. The van der Waals surface area contributed by atoms with Crippen molar-refractivity contribution >= 4 is 11.5 Å². The Bertz CT molecular complexity index is 1410. The lowest BCUT2D eigenvalue weighted by molar-refractivity contribution is -0.274. The molecule has 1 fully saturated rings. The average Bonchev–Trinajstić information content (AvgIpc) is 2.87. The van der Waals surface area contributed by atoms with Crippen LogP contribution < -0.4 is 10.1 Å². The van der Waals surface area contributed by atoms with Crippen molar-refractivity contribution in [1.29, 1.82) is 0 Å². The molecule has 2 aliphatic rings. The standard InChI is InChI=1S/C28H22F8N2O2/c29-21-8-1-16(13-22(21)30)15-38-11-9-26(10-12-38)24(17-2-5-19(6-3-17)40-28(34,35)36)25(39)20-7-4-18(27(31,32)33)14-23(20)37-26/h1-8,13-14,24,37H,9-12,15H2. The van der Waals surface area contributed by atoms with E-state index in [0.717, 1.165) is 42.5 Å². The van der Waals surface area contributed by atoms with Gasteiger partial charge >= 0.3 is 12.5 Å². The predicted molar refractivity (Wildman–Crippen MR) is 129 cm³/mol. The highest BCUT2D eigenvalue weighted by atomic mass is 19.4. The molecule has 2 heterocycles. The second-order valence-corrected chi connectivity index (χ2v) is 9.98. The molecule has 1 N–H and O–H groups in total. The van der Waals surface area contributed by atoms with Crippen LogP contribution in [0.15, 0.2) is 60.7 Å². The van der Waals surface area contributed by atoms with Gasteiger partial charge in [-0.3, -0.25) is 9.69 Å². The van der Waals surface area contributed by atoms with Gasteiger partial charge in [0.05, 0.1) is 17.0 Å². The van der Waals surface area contributed by atoms with Crippen LogP contribution in [-0.2, 0) is 12.7 Å². The summed E-state index contributed by atoms with van der Waals surface area (Å²) >= 11 is 0. The van der Waals surface area contributed by atoms with Gasteiger partial charge in [-0.1, -0.05) is 18.2 Å². The normalized spacial score (nSPS) is 19.3. The number of carbonyl (C=O) groups excluding carboxylic acids is 1. The van der Waals surface area contributed by atoms with E-state index in [-0.39, 0.29) is 30.6 Å². The summed E-state index contributed by atoms with van der Waals surface area (Å²) in [5, 5.41) is 3.19. The summed E-state index contributed by atoms with van der Waals surface area (Å²) in [4.78, 5) is 15.7. The molecule has 1 unspecified atom stereocenters. The zero-order chi connectivity index (χ0) is 28.9. The summed E-state index contributed by atoms with van der Waals surface area (Å²) in [7, 11) is 0. The van der Waals surface area contributed by atoms with E-state index in [9.17, 15) is 39.9 Å². The number of alkyl halides is 6. The Hall–Kier alpha value is -3.67. The van der Waals surface area contributed by atoms with E-state index < -0.39 is 52.7 Å². The number of Topliss-reactive ketones (excluding diaryl/α,β-unsaturated/α-hetero) is 1. The van der Waals surface area contributed by atoms with Crippen LogP contribution >= 0.6 is 0 Å². The molecule has 3 aromatic carbocycles. The Kier molecular flexibility index (Phi) is 7.01. The van der Waals surface area contributed by atoms with Gasteiger partial charge < -0.3 is 10.1 Å². The summed E-state index contributed by atoms with van der Waals surface area (Å²) in [6, 6.07) is 11.2. The highest BCUT2D eigenvalue weighted by Gasteiger charge is 2.50. The Balaban J connectivity index is 1.47. The van der Waals surface area contributed by atoms with Gasteiger partial charge in [-0.05, 0) is 66.4 Å². The van der Waals surface area contributed by atoms with Crippen LogP contribution in [-0.4, -0.2) is 35.7 Å². The van der Waals surface area contributed by atoms with Crippen molar-refractivity contribution in [2.45, 2.75) is 43.4 Å². The molecule has 212 valence electrons. The molecule has 3 aromatic rings. The number of carbonyl (C=O) groups is 1. The number of piperidine rings is 1. The number of nitrogens with zero attached hydrogens (tertiary/aromatic N) is 1. The van der Waals surface area contributed by atoms with Crippen molar-refractivity contribution in [3.63, 3.8) is 0 Å². The molecule has 0 aliphatic carbocycles. The van der Waals surface area contributed by atoms with Gasteiger partial charge in [0.1, 0.15) is 5.75 Å². The van der Waals surface area contributed by atoms with Crippen LogP contribution in [0, 0.1) is 11.6 Å². The number of nitrogens with one attached hydrogen (secondary N) is 1. The smallest absolute Gasteiger partial charge is 0.406 e. The first-order chi connectivity index (χ1) is 18.7. The van der Waals surface area contributed by atoms with Gasteiger partial charge in [0.25, 0.3) is 0 Å². The molecule has 1 saturated heterocycles. The maximum Gasteiger partial charge on any atom is 0.573 e. The maximum absolute atomic E-state index is 13.8. The van der Waals surface area contributed by atoms with Gasteiger partial charge in [-0.15, -0.1) is 13.2 Å². The number of benzene rings is 3. The van der Waals surface area contributed by atoms with Gasteiger partial charge in [0.15, 0.2) is 17.4 Å². The van der Waals surface area contributed by atoms with E-state index in [2.05, 4.69) is 10.1 Å². The van der Waals surface area contributed by atoms with Crippen LogP contribution in [0.1, 0.15) is 45.8 Å². The summed E-state index contributed by atoms with van der Waals surface area (Å²) in [6.07, 6.45) is -8.97. The Labute approximate surface area is 223 Å². The van der Waals surface area contributed by atoms with Gasteiger partial charge in [0.2, 0.25) is 0 Å². The van der Waals surface area contributed by atoms with Gasteiger partial charge in [-0.2, -0.15) is 13.2 Å². The molecule has 0 radical (unpaired) electrons. The third-order valence-electron chi connectivity index (χ3n) is 7.40. The van der Waals surface area contributed by atoms with Crippen LogP contribution in [0.3, 0.4) is 0 Å². The lowest BCUT2D eigenvalue weighted by Gasteiger charge is -2.50. The zero-order valence-corrected chi connectivity index (χ0v) is 20.7. The number of ketones is 1. The average molecular weight is 570 g/mol. The van der Waals surface area contributed by atoms with Gasteiger partial charge in [-0.25, -0.2) is 8.78 Å². The van der Waals surface area contributed by atoms with E-state index in [1.54, 1.807) is 0 Å². The summed E-state index contributed by atoms with van der Waals surface area (Å²) < 4.78 is 109. The largest absolute Gasteiger partial charge is 0.573 e. The molecule has 0 amide bonds. The summed E-state index contributed by atoms with van der Waals surface area (Å²) in [5.41, 5.74) is -0.994. The molecule has 0 bridgehead atoms. The van der Waals surface area contributed by atoms with Crippen molar-refractivity contribution in [2.24, 2.45) is 0 Å². The van der Waals surface area contributed by atoms with Crippen LogP contribution in [0.25, 0.3) is 0 Å². The molecule has 4 nitrogen and oxygen atoms in total. The third kappa shape index (κ3) is 5.63. The maximum atomic E-state index is 13.8. The minimum atomic E-state index is -4.90. The molecule has 1 spiro atoms. The zero-order valence-electron chi connectivity index (χ0n) is 20.7. The third-order valence-corrected chi connectivity index (χ3v) is 7.40. The summed E-state index contributed by atoms with van der Waals surface area (Å²) in [6.45, 7) is 1.00. The second-order valence-electron chi connectivity index (χ2n) is 9.98. The molecule has 2 aliphatic heterocycles. The number of halogens is 8. The fraction of sp³-hybridized carbons (Fsp3) is 0.321. The first-order valence-corrected chi connectivity index (χ1v) is 12.3. The number of ether oxygens (including phenoxy) is 1. The predicted octanol–water partition coefficient (Wildman–Crippen LogP) is 7.31. The molecule has 1 atom stereocenters. The van der Waals surface area contributed by atoms with E-state index in [1.165, 1.54) is 18.2 Å². The molecule has 0 aromatic heterocycles. The Morgan fingerprint density at radius 2 is 1.55 bits per heavy atom. The number of fused-ring (bicyclic) bond motifs is 1. The topological polar surface area (TPSA) is 41.6 Å². The van der Waals surface area contributed by atoms with E-state index in [1.807, 2.05) is 4.90 Å². The molecule has 40 heavy (non-hydrogen) atoms. The van der Waals surface area contributed by atoms with E-state index >= 15 is 0 Å². The monoisotopic (exact) mass is 570 g/mol. The van der Waals surface area contributed by atoms with E-state index in [4.69, 9.17) is 0 Å².